The highest BCUT2D eigenvalue weighted by atomic mass is 19.3. The van der Waals surface area contributed by atoms with E-state index in [2.05, 4.69) is 0 Å². The molecule has 0 rings (SSSR count). The molecule has 0 aromatic rings. The molecule has 2 N–H and O–H groups in total. The summed E-state index contributed by atoms with van der Waals surface area (Å²) in [6.45, 7) is 5.20. The van der Waals surface area contributed by atoms with Gasteiger partial charge in [0.25, 0.3) is 5.92 Å². The average Bonchev–Trinajstić information content (AvgIpc) is 1.84. The van der Waals surface area contributed by atoms with Crippen LogP contribution in [0.1, 0.15) is 33.6 Å². The molecule has 3 heteroatoms. The Labute approximate surface area is 67.0 Å². The van der Waals surface area contributed by atoms with Crippen molar-refractivity contribution in [3.63, 3.8) is 0 Å². The molecule has 0 spiro atoms. The van der Waals surface area contributed by atoms with E-state index in [1.807, 2.05) is 13.8 Å². The van der Waals surface area contributed by atoms with Gasteiger partial charge < -0.3 is 5.73 Å². The molecule has 0 bridgehead atoms. The number of rotatable bonds is 4. The van der Waals surface area contributed by atoms with Crippen molar-refractivity contribution in [2.75, 3.05) is 0 Å². The van der Waals surface area contributed by atoms with Crippen molar-refractivity contribution in [1.29, 1.82) is 0 Å². The minimum Gasteiger partial charge on any atom is -0.323 e. The van der Waals surface area contributed by atoms with Crippen LogP contribution in [0, 0.1) is 5.92 Å². The van der Waals surface area contributed by atoms with E-state index < -0.39 is 12.0 Å². The van der Waals surface area contributed by atoms with Gasteiger partial charge in [-0.25, -0.2) is 8.78 Å². The quantitative estimate of drug-likeness (QED) is 0.680. The molecule has 0 saturated heterocycles. The maximum Gasteiger partial charge on any atom is 0.262 e. The molecule has 0 saturated carbocycles. The zero-order chi connectivity index (χ0) is 9.07. The van der Waals surface area contributed by atoms with Crippen LogP contribution in [0.5, 0.6) is 0 Å². The average molecular weight is 165 g/mol. The van der Waals surface area contributed by atoms with E-state index in [9.17, 15) is 8.78 Å². The van der Waals surface area contributed by atoms with Crippen LogP contribution in [-0.2, 0) is 0 Å². The van der Waals surface area contributed by atoms with Crippen molar-refractivity contribution in [2.24, 2.45) is 11.7 Å². The first kappa shape index (κ1) is 10.8. The van der Waals surface area contributed by atoms with Crippen LogP contribution in [0.15, 0.2) is 0 Å². The lowest BCUT2D eigenvalue weighted by Gasteiger charge is -2.20. The highest BCUT2D eigenvalue weighted by molar-refractivity contribution is 4.76. The van der Waals surface area contributed by atoms with Gasteiger partial charge in [-0.15, -0.1) is 0 Å². The maximum absolute atomic E-state index is 12.8. The molecule has 1 atom stereocenters. The molecule has 0 heterocycles. The zero-order valence-electron chi connectivity index (χ0n) is 7.40. The Hall–Kier alpha value is -0.180. The number of halogens is 2. The summed E-state index contributed by atoms with van der Waals surface area (Å²) in [6, 6.07) is -1.03. The van der Waals surface area contributed by atoms with Crippen molar-refractivity contribution < 1.29 is 8.78 Å². The third-order valence-electron chi connectivity index (χ3n) is 1.72. The second-order valence-corrected chi connectivity index (χ2v) is 3.48. The van der Waals surface area contributed by atoms with Gasteiger partial charge in [0, 0.05) is 6.42 Å². The predicted octanol–water partition coefficient (Wildman–Crippen LogP) is 2.41. The monoisotopic (exact) mass is 165 g/mol. The summed E-state index contributed by atoms with van der Waals surface area (Å²) in [7, 11) is 0. The Bertz CT molecular complexity index is 111. The molecule has 11 heavy (non-hydrogen) atoms. The van der Waals surface area contributed by atoms with E-state index >= 15 is 0 Å². The predicted molar refractivity (Wildman–Crippen MR) is 42.7 cm³/mol. The van der Waals surface area contributed by atoms with Gasteiger partial charge in [0.05, 0.1) is 6.04 Å². The molecule has 0 aromatic heterocycles. The number of alkyl halides is 2. The molecular formula is C8H17F2N. The summed E-state index contributed by atoms with van der Waals surface area (Å²) in [5, 5.41) is 0. The number of hydrogen-bond donors (Lipinski definition) is 1. The molecule has 0 aliphatic carbocycles. The standard InChI is InChI=1S/C8H17F2N/c1-6(2)4-5-8(9,10)7(3)11/h6-7H,4-5,11H2,1-3H3. The number of hydrogen-bond acceptors (Lipinski definition) is 1. The Morgan fingerprint density at radius 1 is 1.27 bits per heavy atom. The van der Waals surface area contributed by atoms with Crippen molar-refractivity contribution in [3.05, 3.63) is 0 Å². The second-order valence-electron chi connectivity index (χ2n) is 3.48. The van der Waals surface area contributed by atoms with Gasteiger partial charge in [-0.1, -0.05) is 13.8 Å². The van der Waals surface area contributed by atoms with E-state index in [0.717, 1.165) is 0 Å². The van der Waals surface area contributed by atoms with Crippen LogP contribution in [0.2, 0.25) is 0 Å². The summed E-state index contributed by atoms with van der Waals surface area (Å²) in [6.07, 6.45) is 0.441. The number of nitrogens with two attached hydrogens (primary N) is 1. The molecule has 1 nitrogen and oxygen atoms in total. The lowest BCUT2D eigenvalue weighted by atomic mass is 10.0. The highest BCUT2D eigenvalue weighted by Crippen LogP contribution is 2.25. The molecule has 0 aliphatic rings. The van der Waals surface area contributed by atoms with E-state index in [1.165, 1.54) is 6.92 Å². The fraction of sp³-hybridized carbons (Fsp3) is 1.00. The largest absolute Gasteiger partial charge is 0.323 e. The fourth-order valence-electron chi connectivity index (χ4n) is 0.709. The van der Waals surface area contributed by atoms with Crippen molar-refractivity contribution in [1.82, 2.24) is 0 Å². The van der Waals surface area contributed by atoms with Crippen LogP contribution >= 0.6 is 0 Å². The van der Waals surface area contributed by atoms with Crippen LogP contribution < -0.4 is 5.73 Å². The molecular weight excluding hydrogens is 148 g/mol. The third kappa shape index (κ3) is 4.30. The molecule has 0 amide bonds. The lowest BCUT2D eigenvalue weighted by Crippen LogP contribution is -2.38. The van der Waals surface area contributed by atoms with E-state index in [0.29, 0.717) is 12.3 Å². The van der Waals surface area contributed by atoms with Crippen molar-refractivity contribution >= 4 is 0 Å². The van der Waals surface area contributed by atoms with Crippen LogP contribution in [0.3, 0.4) is 0 Å². The Morgan fingerprint density at radius 2 is 1.73 bits per heavy atom. The lowest BCUT2D eigenvalue weighted by molar-refractivity contribution is -0.0319. The second kappa shape index (κ2) is 4.00. The normalized spacial score (nSPS) is 15.5. The maximum atomic E-state index is 12.8. The first-order valence-corrected chi connectivity index (χ1v) is 3.99. The van der Waals surface area contributed by atoms with Gasteiger partial charge >= 0.3 is 0 Å². The van der Waals surface area contributed by atoms with Crippen LogP contribution in [0.4, 0.5) is 8.78 Å². The van der Waals surface area contributed by atoms with Crippen molar-refractivity contribution in [3.8, 4) is 0 Å². The molecule has 0 radical (unpaired) electrons. The van der Waals surface area contributed by atoms with Crippen LogP contribution in [-0.4, -0.2) is 12.0 Å². The minimum absolute atomic E-state index is 0.0949. The zero-order valence-corrected chi connectivity index (χ0v) is 7.40. The van der Waals surface area contributed by atoms with Crippen LogP contribution in [0.25, 0.3) is 0 Å². The first-order chi connectivity index (χ1) is 4.86. The Morgan fingerprint density at radius 3 is 2.00 bits per heavy atom. The molecule has 1 unspecified atom stereocenters. The smallest absolute Gasteiger partial charge is 0.262 e. The molecule has 0 fully saturated rings. The van der Waals surface area contributed by atoms with Crippen molar-refractivity contribution in [2.45, 2.75) is 45.6 Å². The van der Waals surface area contributed by atoms with Gasteiger partial charge in [-0.3, -0.25) is 0 Å². The third-order valence-corrected chi connectivity index (χ3v) is 1.72. The van der Waals surface area contributed by atoms with Gasteiger partial charge in [-0.05, 0) is 19.3 Å². The Balaban J connectivity index is 3.73. The van der Waals surface area contributed by atoms with Gasteiger partial charge in [0.2, 0.25) is 0 Å². The highest BCUT2D eigenvalue weighted by Gasteiger charge is 2.33. The molecule has 68 valence electrons. The molecule has 0 aliphatic heterocycles. The van der Waals surface area contributed by atoms with E-state index in [-0.39, 0.29) is 6.42 Å². The summed E-state index contributed by atoms with van der Waals surface area (Å²) >= 11 is 0. The SMILES string of the molecule is CC(C)CCC(F)(F)C(C)N. The summed E-state index contributed by atoms with van der Waals surface area (Å²) in [5.74, 6) is -2.37. The minimum atomic E-state index is -2.69. The summed E-state index contributed by atoms with van der Waals surface area (Å²) in [4.78, 5) is 0. The summed E-state index contributed by atoms with van der Waals surface area (Å²) in [5.41, 5.74) is 5.11. The van der Waals surface area contributed by atoms with Gasteiger partial charge in [0.15, 0.2) is 0 Å². The summed E-state index contributed by atoms with van der Waals surface area (Å²) < 4.78 is 25.6. The van der Waals surface area contributed by atoms with E-state index in [4.69, 9.17) is 5.73 Å². The molecule has 0 aromatic carbocycles. The van der Waals surface area contributed by atoms with E-state index in [1.54, 1.807) is 0 Å². The first-order valence-electron chi connectivity index (χ1n) is 3.99. The fourth-order valence-corrected chi connectivity index (χ4v) is 0.709. The topological polar surface area (TPSA) is 26.0 Å². The Kier molecular flexibility index (Phi) is 3.93. The van der Waals surface area contributed by atoms with Gasteiger partial charge in [-0.2, -0.15) is 0 Å². The van der Waals surface area contributed by atoms with Gasteiger partial charge in [0.1, 0.15) is 0 Å².